The van der Waals surface area contributed by atoms with E-state index < -0.39 is 0 Å². The zero-order chi connectivity index (χ0) is 16.7. The van der Waals surface area contributed by atoms with Crippen LogP contribution < -0.4 is 0 Å². The summed E-state index contributed by atoms with van der Waals surface area (Å²) in [7, 11) is 1.98. The Hall–Kier alpha value is -2.54. The average Bonchev–Trinajstić information content (AvgIpc) is 3.28. The van der Waals surface area contributed by atoms with Crippen molar-refractivity contribution in [2.75, 3.05) is 12.3 Å². The van der Waals surface area contributed by atoms with Crippen LogP contribution in [0.25, 0.3) is 17.1 Å². The second-order valence-corrected chi connectivity index (χ2v) is 6.67. The lowest BCUT2D eigenvalue weighted by molar-refractivity contribution is 0.0825. The van der Waals surface area contributed by atoms with Crippen molar-refractivity contribution < 1.29 is 9.21 Å². The summed E-state index contributed by atoms with van der Waals surface area (Å²) in [6.07, 6.45) is 3.37. The molecule has 1 amide bonds. The highest BCUT2D eigenvalue weighted by Gasteiger charge is 2.27. The number of aryl methyl sites for hydroxylation is 2. The summed E-state index contributed by atoms with van der Waals surface area (Å²) in [6.45, 7) is 2.39. The molecule has 0 spiro atoms. The van der Waals surface area contributed by atoms with Crippen LogP contribution in [0, 0.1) is 6.92 Å². The Labute approximate surface area is 143 Å². The van der Waals surface area contributed by atoms with Crippen molar-refractivity contribution in [3.63, 3.8) is 0 Å². The van der Waals surface area contributed by atoms with Crippen LogP contribution >= 0.6 is 11.8 Å². The summed E-state index contributed by atoms with van der Waals surface area (Å²) < 4.78 is 7.19. The van der Waals surface area contributed by atoms with Crippen molar-refractivity contribution in [3.8, 4) is 0 Å². The molecule has 6 nitrogen and oxygen atoms in total. The number of thioether (sulfide) groups is 1. The predicted octanol–water partition coefficient (Wildman–Crippen LogP) is 3.06. The number of fused-ring (bicyclic) bond motifs is 1. The maximum atomic E-state index is 12.6. The average molecular weight is 340 g/mol. The highest BCUT2D eigenvalue weighted by molar-refractivity contribution is 8.03. The monoisotopic (exact) mass is 340 g/mol. The van der Waals surface area contributed by atoms with Crippen LogP contribution in [0.15, 0.2) is 40.0 Å². The summed E-state index contributed by atoms with van der Waals surface area (Å²) in [6, 6.07) is 7.99. The number of carbonyl (C=O) groups is 1. The molecule has 1 aliphatic heterocycles. The van der Waals surface area contributed by atoms with Crippen LogP contribution in [-0.2, 0) is 7.05 Å². The molecule has 7 heteroatoms. The van der Waals surface area contributed by atoms with Gasteiger partial charge in [-0.05, 0) is 12.1 Å². The lowest BCUT2D eigenvalue weighted by atomic mass is 10.3. The first-order valence-electron chi connectivity index (χ1n) is 7.63. The van der Waals surface area contributed by atoms with Crippen molar-refractivity contribution in [1.29, 1.82) is 0 Å². The van der Waals surface area contributed by atoms with Crippen molar-refractivity contribution in [2.45, 2.75) is 6.92 Å². The van der Waals surface area contributed by atoms with Crippen molar-refractivity contribution in [1.82, 2.24) is 19.4 Å². The number of benzene rings is 1. The summed E-state index contributed by atoms with van der Waals surface area (Å²) in [5.41, 5.74) is 2.35. The fourth-order valence-corrected chi connectivity index (χ4v) is 3.76. The first-order chi connectivity index (χ1) is 11.6. The van der Waals surface area contributed by atoms with E-state index in [4.69, 9.17) is 4.42 Å². The maximum Gasteiger partial charge on any atom is 0.280 e. The van der Waals surface area contributed by atoms with Gasteiger partial charge in [-0.15, -0.1) is 11.8 Å². The Morgan fingerprint density at radius 3 is 2.92 bits per heavy atom. The molecule has 0 unspecified atom stereocenters. The Bertz CT molecular complexity index is 957. The smallest absolute Gasteiger partial charge is 0.280 e. The van der Waals surface area contributed by atoms with E-state index in [1.54, 1.807) is 23.6 Å². The van der Waals surface area contributed by atoms with Gasteiger partial charge in [0.15, 0.2) is 11.6 Å². The van der Waals surface area contributed by atoms with Gasteiger partial charge in [-0.25, -0.2) is 9.97 Å². The van der Waals surface area contributed by atoms with E-state index in [1.165, 1.54) is 6.26 Å². The normalized spacial score (nSPS) is 16.4. The first kappa shape index (κ1) is 15.0. The molecule has 1 aromatic carbocycles. The molecule has 3 aromatic rings. The first-order valence-corrected chi connectivity index (χ1v) is 8.62. The van der Waals surface area contributed by atoms with Crippen molar-refractivity contribution in [2.24, 2.45) is 7.05 Å². The Balaban J connectivity index is 1.70. The number of carbonyl (C=O) groups excluding carboxylic acids is 1. The molecule has 0 radical (unpaired) electrons. The SMILES string of the molecule is Cc1nc(C(=O)N2CCS/C2=C/c2nc3ccccc3n2C)co1. The fraction of sp³-hybridized carbons (Fsp3) is 0.235. The molecule has 122 valence electrons. The third-order valence-electron chi connectivity index (χ3n) is 3.99. The number of aromatic nitrogens is 3. The molecule has 1 saturated heterocycles. The number of amides is 1. The van der Waals surface area contributed by atoms with Gasteiger partial charge in [-0.3, -0.25) is 4.79 Å². The van der Waals surface area contributed by atoms with Crippen LogP contribution in [0.5, 0.6) is 0 Å². The summed E-state index contributed by atoms with van der Waals surface area (Å²) in [5.74, 6) is 2.04. The molecule has 1 fully saturated rings. The van der Waals surface area contributed by atoms with Gasteiger partial charge >= 0.3 is 0 Å². The second-order valence-electron chi connectivity index (χ2n) is 5.56. The second kappa shape index (κ2) is 5.83. The van der Waals surface area contributed by atoms with E-state index in [0.29, 0.717) is 18.1 Å². The predicted molar refractivity (Wildman–Crippen MR) is 93.4 cm³/mol. The summed E-state index contributed by atoms with van der Waals surface area (Å²) in [4.78, 5) is 23.2. The van der Waals surface area contributed by atoms with Crippen molar-refractivity contribution >= 4 is 34.8 Å². The van der Waals surface area contributed by atoms with E-state index >= 15 is 0 Å². The standard InChI is InChI=1S/C17H16N4O2S/c1-11-18-13(10-23-11)17(22)21-7-8-24-16(21)9-15-19-12-5-3-4-6-14(12)20(15)2/h3-6,9-10H,7-8H2,1-2H3/b16-9+. The van der Waals surface area contributed by atoms with Gasteiger partial charge in [0.2, 0.25) is 0 Å². The van der Waals surface area contributed by atoms with Crippen LogP contribution in [0.3, 0.4) is 0 Å². The van der Waals surface area contributed by atoms with E-state index in [9.17, 15) is 4.79 Å². The minimum Gasteiger partial charge on any atom is -0.448 e. The Morgan fingerprint density at radius 2 is 2.17 bits per heavy atom. The number of hydrogen-bond acceptors (Lipinski definition) is 5. The number of rotatable bonds is 2. The number of imidazole rings is 1. The van der Waals surface area contributed by atoms with Gasteiger partial charge in [0.1, 0.15) is 12.1 Å². The number of para-hydroxylation sites is 2. The van der Waals surface area contributed by atoms with E-state index in [1.807, 2.05) is 42.0 Å². The minimum absolute atomic E-state index is 0.137. The Kier molecular flexibility index (Phi) is 3.65. The molecule has 0 N–H and O–H groups in total. The van der Waals surface area contributed by atoms with Gasteiger partial charge in [0, 0.05) is 32.3 Å². The van der Waals surface area contributed by atoms with Gasteiger partial charge in [0.05, 0.1) is 16.1 Å². The molecule has 1 aliphatic rings. The van der Waals surface area contributed by atoms with Crippen LogP contribution in [0.4, 0.5) is 0 Å². The zero-order valence-electron chi connectivity index (χ0n) is 13.4. The highest BCUT2D eigenvalue weighted by atomic mass is 32.2. The summed E-state index contributed by atoms with van der Waals surface area (Å²) >= 11 is 1.65. The third kappa shape index (κ3) is 2.50. The summed E-state index contributed by atoms with van der Waals surface area (Å²) in [5, 5.41) is 0.888. The van der Waals surface area contributed by atoms with Gasteiger partial charge in [-0.1, -0.05) is 12.1 Å². The van der Waals surface area contributed by atoms with Gasteiger partial charge in [0.25, 0.3) is 5.91 Å². The van der Waals surface area contributed by atoms with Gasteiger partial charge < -0.3 is 13.9 Å². The van der Waals surface area contributed by atoms with Crippen LogP contribution in [-0.4, -0.2) is 37.6 Å². The van der Waals surface area contributed by atoms with E-state index in [-0.39, 0.29) is 5.91 Å². The van der Waals surface area contributed by atoms with Crippen LogP contribution in [0.1, 0.15) is 22.2 Å². The molecular weight excluding hydrogens is 324 g/mol. The van der Waals surface area contributed by atoms with Crippen LogP contribution in [0.2, 0.25) is 0 Å². The zero-order valence-corrected chi connectivity index (χ0v) is 14.2. The number of hydrogen-bond donors (Lipinski definition) is 0. The molecule has 0 saturated carbocycles. The molecule has 2 aromatic heterocycles. The number of nitrogens with zero attached hydrogens (tertiary/aromatic N) is 4. The molecule has 4 rings (SSSR count). The highest BCUT2D eigenvalue weighted by Crippen LogP contribution is 2.31. The quantitative estimate of drug-likeness (QED) is 0.717. The lowest BCUT2D eigenvalue weighted by Gasteiger charge is -2.15. The Morgan fingerprint density at radius 1 is 1.33 bits per heavy atom. The molecule has 24 heavy (non-hydrogen) atoms. The molecular formula is C17H16N4O2S. The number of oxazole rings is 1. The van der Waals surface area contributed by atoms with E-state index in [0.717, 1.165) is 27.6 Å². The van der Waals surface area contributed by atoms with E-state index in [2.05, 4.69) is 9.97 Å². The topological polar surface area (TPSA) is 64.2 Å². The molecule has 3 heterocycles. The molecule has 0 atom stereocenters. The molecule has 0 aliphatic carbocycles. The van der Waals surface area contributed by atoms with Crippen molar-refractivity contribution in [3.05, 3.63) is 53.0 Å². The molecule has 0 bridgehead atoms. The minimum atomic E-state index is -0.137. The lowest BCUT2D eigenvalue weighted by Crippen LogP contribution is -2.27. The van der Waals surface area contributed by atoms with Gasteiger partial charge in [-0.2, -0.15) is 0 Å². The fourth-order valence-electron chi connectivity index (χ4n) is 2.75. The largest absolute Gasteiger partial charge is 0.448 e. The third-order valence-corrected chi connectivity index (χ3v) is 5.01. The maximum absolute atomic E-state index is 12.6.